The largest absolute Gasteiger partial charge is 0.383 e. The number of hydrogen-bond acceptors (Lipinski definition) is 4. The van der Waals surface area contributed by atoms with Crippen molar-refractivity contribution in [3.63, 3.8) is 0 Å². The highest BCUT2D eigenvalue weighted by molar-refractivity contribution is 6.02. The Hall–Kier alpha value is -2.08. The first kappa shape index (κ1) is 18.7. The van der Waals surface area contributed by atoms with E-state index in [1.54, 1.807) is 13.2 Å². The van der Waals surface area contributed by atoms with Gasteiger partial charge in [-0.15, -0.1) is 0 Å². The first-order valence-electron chi connectivity index (χ1n) is 9.55. The lowest BCUT2D eigenvalue weighted by Crippen LogP contribution is -2.35. The van der Waals surface area contributed by atoms with Gasteiger partial charge >= 0.3 is 0 Å². The van der Waals surface area contributed by atoms with Gasteiger partial charge in [-0.05, 0) is 49.8 Å². The van der Waals surface area contributed by atoms with Gasteiger partial charge in [0.2, 0.25) is 5.91 Å². The molecule has 1 heterocycles. The number of methoxy groups -OCH3 is 1. The standard InChI is InChI=1S/C20H29N3O3/c1-14-7-10-23(11-8-14)18-6-5-16(22-19(24)15-3-4-15)13-17(18)20(25)21-9-12-26-2/h5-6,13-15H,3-4,7-12H2,1-2H3,(H,21,25)(H,22,24). The second-order valence-electron chi connectivity index (χ2n) is 7.41. The molecule has 2 fully saturated rings. The molecule has 0 aromatic heterocycles. The maximum absolute atomic E-state index is 12.7. The van der Waals surface area contributed by atoms with Gasteiger partial charge in [-0.2, -0.15) is 0 Å². The summed E-state index contributed by atoms with van der Waals surface area (Å²) in [4.78, 5) is 27.1. The Balaban J connectivity index is 1.79. The number of anilines is 2. The van der Waals surface area contributed by atoms with Crippen LogP contribution in [0.2, 0.25) is 0 Å². The topological polar surface area (TPSA) is 70.7 Å². The number of carbonyl (C=O) groups is 2. The Morgan fingerprint density at radius 3 is 2.58 bits per heavy atom. The minimum Gasteiger partial charge on any atom is -0.383 e. The lowest BCUT2D eigenvalue weighted by molar-refractivity contribution is -0.117. The maximum Gasteiger partial charge on any atom is 0.253 e. The minimum atomic E-state index is -0.127. The number of piperidine rings is 1. The van der Waals surface area contributed by atoms with E-state index in [1.807, 2.05) is 12.1 Å². The van der Waals surface area contributed by atoms with E-state index in [1.165, 1.54) is 0 Å². The fourth-order valence-corrected chi connectivity index (χ4v) is 3.27. The molecule has 142 valence electrons. The van der Waals surface area contributed by atoms with Crippen LogP contribution in [0.3, 0.4) is 0 Å². The van der Waals surface area contributed by atoms with E-state index in [0.717, 1.165) is 50.4 Å². The van der Waals surface area contributed by atoms with Gasteiger partial charge in [0, 0.05) is 44.0 Å². The third-order valence-corrected chi connectivity index (χ3v) is 5.17. The Kier molecular flexibility index (Phi) is 6.14. The molecule has 2 N–H and O–H groups in total. The van der Waals surface area contributed by atoms with Crippen molar-refractivity contribution in [2.75, 3.05) is 43.6 Å². The lowest BCUT2D eigenvalue weighted by Gasteiger charge is -2.33. The fourth-order valence-electron chi connectivity index (χ4n) is 3.27. The summed E-state index contributed by atoms with van der Waals surface area (Å²) in [6, 6.07) is 5.67. The van der Waals surface area contributed by atoms with Crippen LogP contribution in [0.4, 0.5) is 11.4 Å². The van der Waals surface area contributed by atoms with Gasteiger partial charge in [-0.3, -0.25) is 9.59 Å². The van der Waals surface area contributed by atoms with Crippen LogP contribution in [0.25, 0.3) is 0 Å². The molecule has 6 heteroatoms. The second kappa shape index (κ2) is 8.54. The van der Waals surface area contributed by atoms with E-state index >= 15 is 0 Å². The van der Waals surface area contributed by atoms with Gasteiger partial charge in [-0.1, -0.05) is 6.92 Å². The molecule has 0 radical (unpaired) electrons. The predicted octanol–water partition coefficient (Wildman–Crippen LogP) is 2.65. The zero-order chi connectivity index (χ0) is 18.5. The van der Waals surface area contributed by atoms with Crippen LogP contribution >= 0.6 is 0 Å². The molecule has 0 unspecified atom stereocenters. The first-order chi connectivity index (χ1) is 12.6. The third kappa shape index (κ3) is 4.75. The Bertz CT molecular complexity index is 650. The summed E-state index contributed by atoms with van der Waals surface area (Å²) < 4.78 is 5.01. The van der Waals surface area contributed by atoms with Crippen molar-refractivity contribution in [3.05, 3.63) is 23.8 Å². The molecule has 1 aromatic carbocycles. The van der Waals surface area contributed by atoms with Gasteiger partial charge in [0.05, 0.1) is 12.2 Å². The molecule has 1 aliphatic carbocycles. The number of ether oxygens (including phenoxy) is 1. The van der Waals surface area contributed by atoms with Crippen LogP contribution in [0.15, 0.2) is 18.2 Å². The summed E-state index contributed by atoms with van der Waals surface area (Å²) in [5, 5.41) is 5.84. The summed E-state index contributed by atoms with van der Waals surface area (Å²) >= 11 is 0. The average molecular weight is 359 g/mol. The number of benzene rings is 1. The quantitative estimate of drug-likeness (QED) is 0.734. The average Bonchev–Trinajstić information content (AvgIpc) is 3.48. The molecule has 0 bridgehead atoms. The van der Waals surface area contributed by atoms with Crippen molar-refractivity contribution in [3.8, 4) is 0 Å². The molecule has 0 atom stereocenters. The van der Waals surface area contributed by atoms with Gasteiger partial charge in [0.15, 0.2) is 0 Å². The number of nitrogens with one attached hydrogen (secondary N) is 2. The zero-order valence-electron chi connectivity index (χ0n) is 15.7. The van der Waals surface area contributed by atoms with E-state index in [9.17, 15) is 9.59 Å². The number of hydrogen-bond donors (Lipinski definition) is 2. The second-order valence-corrected chi connectivity index (χ2v) is 7.41. The SMILES string of the molecule is COCCNC(=O)c1cc(NC(=O)C2CC2)ccc1N1CCC(C)CC1. The summed E-state index contributed by atoms with van der Waals surface area (Å²) in [6.45, 7) is 5.11. The molecule has 1 saturated heterocycles. The van der Waals surface area contributed by atoms with Crippen LogP contribution in [0.5, 0.6) is 0 Å². The molecule has 6 nitrogen and oxygen atoms in total. The molecular formula is C20H29N3O3. The minimum absolute atomic E-state index is 0.0512. The molecule has 1 aromatic rings. The number of nitrogens with zero attached hydrogens (tertiary/aromatic N) is 1. The number of amides is 2. The number of carbonyl (C=O) groups excluding carboxylic acids is 2. The first-order valence-corrected chi connectivity index (χ1v) is 9.55. The van der Waals surface area contributed by atoms with Crippen LogP contribution in [-0.4, -0.2) is 45.2 Å². The highest BCUT2D eigenvalue weighted by Crippen LogP contribution is 2.32. The van der Waals surface area contributed by atoms with Crippen molar-refractivity contribution in [1.29, 1.82) is 0 Å². The zero-order valence-corrected chi connectivity index (χ0v) is 15.7. The van der Waals surface area contributed by atoms with E-state index in [0.29, 0.717) is 24.4 Å². The van der Waals surface area contributed by atoms with Crippen molar-refractivity contribution < 1.29 is 14.3 Å². The van der Waals surface area contributed by atoms with E-state index in [2.05, 4.69) is 22.5 Å². The lowest BCUT2D eigenvalue weighted by atomic mass is 9.97. The molecule has 0 spiro atoms. The number of rotatable bonds is 7. The van der Waals surface area contributed by atoms with Crippen LogP contribution in [-0.2, 0) is 9.53 Å². The van der Waals surface area contributed by atoms with Gasteiger partial charge in [0.25, 0.3) is 5.91 Å². The van der Waals surface area contributed by atoms with Crippen molar-refractivity contribution in [2.24, 2.45) is 11.8 Å². The smallest absolute Gasteiger partial charge is 0.253 e. The molecule has 2 amide bonds. The third-order valence-electron chi connectivity index (χ3n) is 5.17. The predicted molar refractivity (Wildman–Crippen MR) is 103 cm³/mol. The summed E-state index contributed by atoms with van der Waals surface area (Å²) in [5.41, 5.74) is 2.24. The van der Waals surface area contributed by atoms with Gasteiger partial charge in [-0.25, -0.2) is 0 Å². The van der Waals surface area contributed by atoms with Crippen molar-refractivity contribution in [2.45, 2.75) is 32.6 Å². The van der Waals surface area contributed by atoms with Crippen LogP contribution in [0, 0.1) is 11.8 Å². The normalized spacial score (nSPS) is 17.8. The Labute approximate surface area is 155 Å². The fraction of sp³-hybridized carbons (Fsp3) is 0.600. The Morgan fingerprint density at radius 2 is 1.92 bits per heavy atom. The van der Waals surface area contributed by atoms with Crippen molar-refractivity contribution in [1.82, 2.24) is 5.32 Å². The highest BCUT2D eigenvalue weighted by atomic mass is 16.5. The van der Waals surface area contributed by atoms with E-state index in [4.69, 9.17) is 4.74 Å². The van der Waals surface area contributed by atoms with Gasteiger partial charge in [0.1, 0.15) is 0 Å². The molecule has 1 saturated carbocycles. The van der Waals surface area contributed by atoms with E-state index < -0.39 is 0 Å². The summed E-state index contributed by atoms with van der Waals surface area (Å²) in [5.74, 6) is 0.785. The molecular weight excluding hydrogens is 330 g/mol. The van der Waals surface area contributed by atoms with Crippen LogP contribution in [0.1, 0.15) is 43.0 Å². The van der Waals surface area contributed by atoms with Gasteiger partial charge < -0.3 is 20.3 Å². The van der Waals surface area contributed by atoms with Crippen molar-refractivity contribution >= 4 is 23.2 Å². The molecule has 3 rings (SSSR count). The maximum atomic E-state index is 12.7. The van der Waals surface area contributed by atoms with Crippen LogP contribution < -0.4 is 15.5 Å². The molecule has 26 heavy (non-hydrogen) atoms. The Morgan fingerprint density at radius 1 is 1.19 bits per heavy atom. The highest BCUT2D eigenvalue weighted by Gasteiger charge is 2.30. The summed E-state index contributed by atoms with van der Waals surface area (Å²) in [7, 11) is 1.61. The summed E-state index contributed by atoms with van der Waals surface area (Å²) in [6.07, 6.45) is 4.18. The van der Waals surface area contributed by atoms with E-state index in [-0.39, 0.29) is 17.7 Å². The molecule has 1 aliphatic heterocycles. The monoisotopic (exact) mass is 359 g/mol. The molecule has 2 aliphatic rings.